The van der Waals surface area contributed by atoms with Gasteiger partial charge in [0.15, 0.2) is 0 Å². The van der Waals surface area contributed by atoms with Crippen molar-refractivity contribution in [1.82, 2.24) is 0 Å². The van der Waals surface area contributed by atoms with Crippen LogP contribution in [-0.2, 0) is 10.8 Å². The first-order chi connectivity index (χ1) is 13.6. The fourth-order valence-electron chi connectivity index (χ4n) is 4.98. The summed E-state index contributed by atoms with van der Waals surface area (Å²) < 4.78 is 0. The van der Waals surface area contributed by atoms with E-state index in [9.17, 15) is 0 Å². The molecule has 3 aromatic carbocycles. The Morgan fingerprint density at radius 2 is 1.14 bits per heavy atom. The first-order valence-corrected chi connectivity index (χ1v) is 10.6. The summed E-state index contributed by atoms with van der Waals surface area (Å²) in [5.41, 5.74) is 8.23. The van der Waals surface area contributed by atoms with Gasteiger partial charge in [-0.05, 0) is 76.3 Å². The largest absolute Gasteiger partial charge is 0.310 e. The molecule has 1 aliphatic rings. The van der Waals surface area contributed by atoms with Crippen LogP contribution in [0.25, 0.3) is 0 Å². The number of fused-ring (bicyclic) bond motifs is 1. The second-order valence-electron chi connectivity index (χ2n) is 10.1. The van der Waals surface area contributed by atoms with Gasteiger partial charge in [0, 0.05) is 17.1 Å². The van der Waals surface area contributed by atoms with Crippen LogP contribution in [-0.4, -0.2) is 0 Å². The summed E-state index contributed by atoms with van der Waals surface area (Å²) in [7, 11) is 0. The molecule has 0 heterocycles. The maximum Gasteiger partial charge on any atom is 0.0464 e. The van der Waals surface area contributed by atoms with Crippen molar-refractivity contribution in [1.29, 1.82) is 0 Å². The highest BCUT2D eigenvalue weighted by molar-refractivity contribution is 5.78. The Morgan fingerprint density at radius 1 is 0.552 bits per heavy atom. The Bertz CT molecular complexity index is 1040. The summed E-state index contributed by atoms with van der Waals surface area (Å²) in [5, 5.41) is 0. The van der Waals surface area contributed by atoms with Crippen molar-refractivity contribution < 1.29 is 0 Å². The zero-order valence-corrected chi connectivity index (χ0v) is 18.9. The normalized spacial score (nSPS) is 18.3. The van der Waals surface area contributed by atoms with E-state index >= 15 is 0 Å². The van der Waals surface area contributed by atoms with Crippen molar-refractivity contribution in [3.63, 3.8) is 0 Å². The molecule has 0 unspecified atom stereocenters. The number of rotatable bonds is 3. The van der Waals surface area contributed by atoms with Crippen LogP contribution >= 0.6 is 0 Å². The van der Waals surface area contributed by atoms with Crippen molar-refractivity contribution in [3.8, 4) is 0 Å². The number of nitrogens with zero attached hydrogens (tertiary/aromatic N) is 1. The van der Waals surface area contributed by atoms with Crippen LogP contribution in [0.3, 0.4) is 0 Å². The highest BCUT2D eigenvalue weighted by atomic mass is 15.1. The standard InChI is InChI=1S/C28H33N/c1-20-12-11-15-22(18-20)29(21-13-9-8-10-14-21)23-16-17-24-25(19-23)27(4,5)28(6,7)26(24,2)3/h8-19H,1-7H3. The van der Waals surface area contributed by atoms with Crippen LogP contribution in [0.2, 0.25) is 0 Å². The molecule has 3 aromatic rings. The molecule has 0 radical (unpaired) electrons. The summed E-state index contributed by atoms with van der Waals surface area (Å²) in [6, 6.07) is 26.5. The maximum atomic E-state index is 2.43. The SMILES string of the molecule is Cc1cccc(N(c2ccccc2)c2ccc3c(c2)C(C)(C)C(C)(C)C3(C)C)c1. The molecule has 4 rings (SSSR count). The maximum absolute atomic E-state index is 2.43. The van der Waals surface area contributed by atoms with Crippen LogP contribution in [0.1, 0.15) is 58.2 Å². The van der Waals surface area contributed by atoms with E-state index in [1.165, 1.54) is 33.8 Å². The Hall–Kier alpha value is -2.54. The number of hydrogen-bond acceptors (Lipinski definition) is 1. The minimum absolute atomic E-state index is 0.0941. The van der Waals surface area contributed by atoms with E-state index in [0.717, 1.165) is 0 Å². The van der Waals surface area contributed by atoms with Gasteiger partial charge in [0.25, 0.3) is 0 Å². The van der Waals surface area contributed by atoms with Crippen LogP contribution in [0, 0.1) is 12.3 Å². The number of hydrogen-bond donors (Lipinski definition) is 0. The molecule has 1 heteroatoms. The van der Waals surface area contributed by atoms with Gasteiger partial charge in [0.1, 0.15) is 0 Å². The molecule has 0 fully saturated rings. The lowest BCUT2D eigenvalue weighted by Crippen LogP contribution is -2.42. The smallest absolute Gasteiger partial charge is 0.0464 e. The number of para-hydroxylation sites is 1. The summed E-state index contributed by atoms with van der Waals surface area (Å²) in [5.74, 6) is 0. The minimum Gasteiger partial charge on any atom is -0.310 e. The van der Waals surface area contributed by atoms with Gasteiger partial charge < -0.3 is 4.90 Å². The van der Waals surface area contributed by atoms with E-state index in [-0.39, 0.29) is 16.2 Å². The zero-order chi connectivity index (χ0) is 21.0. The summed E-state index contributed by atoms with van der Waals surface area (Å²) in [4.78, 5) is 2.38. The summed E-state index contributed by atoms with van der Waals surface area (Å²) >= 11 is 0. The van der Waals surface area contributed by atoms with E-state index in [1.807, 2.05) is 0 Å². The molecule has 0 amide bonds. The Kier molecular flexibility index (Phi) is 4.42. The lowest BCUT2D eigenvalue weighted by Gasteiger charge is -2.44. The van der Waals surface area contributed by atoms with Crippen molar-refractivity contribution in [2.24, 2.45) is 5.41 Å². The van der Waals surface area contributed by atoms with Crippen molar-refractivity contribution in [2.75, 3.05) is 4.90 Å². The topological polar surface area (TPSA) is 3.24 Å². The van der Waals surface area contributed by atoms with Crippen molar-refractivity contribution >= 4 is 17.1 Å². The minimum atomic E-state index is 0.0941. The van der Waals surface area contributed by atoms with Crippen LogP contribution in [0.5, 0.6) is 0 Å². The fraction of sp³-hybridized carbons (Fsp3) is 0.357. The third kappa shape index (κ3) is 2.82. The third-order valence-electron chi connectivity index (χ3n) is 8.01. The molecule has 1 aliphatic carbocycles. The van der Waals surface area contributed by atoms with Crippen molar-refractivity contribution in [2.45, 2.75) is 59.3 Å². The van der Waals surface area contributed by atoms with E-state index in [1.54, 1.807) is 0 Å². The first kappa shape index (κ1) is 19.8. The quantitative estimate of drug-likeness (QED) is 0.442. The number of benzene rings is 3. The molecule has 0 spiro atoms. The Balaban J connectivity index is 1.93. The highest BCUT2D eigenvalue weighted by Crippen LogP contribution is 2.62. The highest BCUT2D eigenvalue weighted by Gasteiger charge is 2.56. The molecule has 0 N–H and O–H groups in total. The second-order valence-corrected chi connectivity index (χ2v) is 10.1. The van der Waals surface area contributed by atoms with Gasteiger partial charge in [-0.3, -0.25) is 0 Å². The number of anilines is 3. The van der Waals surface area contributed by atoms with Gasteiger partial charge in [-0.2, -0.15) is 0 Å². The predicted octanol–water partition coefficient (Wildman–Crippen LogP) is 8.06. The van der Waals surface area contributed by atoms with Gasteiger partial charge in [0.05, 0.1) is 0 Å². The van der Waals surface area contributed by atoms with Gasteiger partial charge in [-0.15, -0.1) is 0 Å². The van der Waals surface area contributed by atoms with Gasteiger partial charge in [0.2, 0.25) is 0 Å². The summed E-state index contributed by atoms with van der Waals surface area (Å²) in [6.45, 7) is 16.6. The van der Waals surface area contributed by atoms with E-state index in [0.29, 0.717) is 0 Å². The average molecular weight is 384 g/mol. The molecular weight excluding hydrogens is 350 g/mol. The van der Waals surface area contributed by atoms with Crippen LogP contribution in [0.4, 0.5) is 17.1 Å². The molecule has 0 saturated carbocycles. The van der Waals surface area contributed by atoms with Crippen LogP contribution < -0.4 is 4.90 Å². The molecule has 0 atom stereocenters. The lowest BCUT2D eigenvalue weighted by molar-refractivity contribution is 0.125. The van der Waals surface area contributed by atoms with Crippen molar-refractivity contribution in [3.05, 3.63) is 89.5 Å². The zero-order valence-electron chi connectivity index (χ0n) is 18.9. The monoisotopic (exact) mass is 383 g/mol. The predicted molar refractivity (Wildman–Crippen MR) is 126 cm³/mol. The molecule has 0 aromatic heterocycles. The number of aryl methyl sites for hydroxylation is 1. The first-order valence-electron chi connectivity index (χ1n) is 10.6. The molecule has 150 valence electrons. The Labute approximate surface area is 176 Å². The van der Waals surface area contributed by atoms with Gasteiger partial charge >= 0.3 is 0 Å². The third-order valence-corrected chi connectivity index (χ3v) is 8.01. The van der Waals surface area contributed by atoms with E-state index < -0.39 is 0 Å². The van der Waals surface area contributed by atoms with Gasteiger partial charge in [-0.25, -0.2) is 0 Å². The molecule has 0 aliphatic heterocycles. The average Bonchev–Trinajstić information content (AvgIpc) is 2.78. The molecule has 0 saturated heterocycles. The second kappa shape index (κ2) is 6.49. The van der Waals surface area contributed by atoms with Gasteiger partial charge in [-0.1, -0.05) is 77.9 Å². The summed E-state index contributed by atoms with van der Waals surface area (Å²) in [6.07, 6.45) is 0. The molecule has 0 bridgehead atoms. The molecular formula is C28H33N. The fourth-order valence-corrected chi connectivity index (χ4v) is 4.98. The molecule has 29 heavy (non-hydrogen) atoms. The van der Waals surface area contributed by atoms with E-state index in [4.69, 9.17) is 0 Å². The van der Waals surface area contributed by atoms with E-state index in [2.05, 4.69) is 126 Å². The molecule has 1 nitrogen and oxygen atoms in total. The Morgan fingerprint density at radius 3 is 1.79 bits per heavy atom. The van der Waals surface area contributed by atoms with Crippen LogP contribution in [0.15, 0.2) is 72.8 Å². The lowest BCUT2D eigenvalue weighted by atomic mass is 9.59.